The topological polar surface area (TPSA) is 480 Å². The number of aliphatic hydroxyl groups excluding tert-OH is 10. The number of fused-ring (bicyclic) bond motifs is 4. The molecular weight excluding hydrogens is 1280 g/mol. The number of Topliss-reactive ketones (excluding diaryl/α,β-unsaturated/α-hetero) is 1. The van der Waals surface area contributed by atoms with Crippen molar-refractivity contribution in [3.05, 3.63) is 23.8 Å². The summed E-state index contributed by atoms with van der Waals surface area (Å²) in [6, 6.07) is 0. The number of ketones is 1. The van der Waals surface area contributed by atoms with Crippen LogP contribution in [0.1, 0.15) is 106 Å². The van der Waals surface area contributed by atoms with Gasteiger partial charge in [-0.05, 0) is 94.8 Å². The van der Waals surface area contributed by atoms with Crippen LogP contribution in [-0.2, 0) is 95.6 Å². The van der Waals surface area contributed by atoms with Gasteiger partial charge in [-0.15, -0.1) is 6.58 Å². The van der Waals surface area contributed by atoms with E-state index in [1.807, 2.05) is 34.6 Å². The minimum atomic E-state index is -5.55. The summed E-state index contributed by atoms with van der Waals surface area (Å²) in [7, 11) is -9.86. The number of hydrogen-bond acceptors (Lipinski definition) is 32. The van der Waals surface area contributed by atoms with E-state index in [0.717, 1.165) is 24.7 Å². The first-order valence-corrected chi connectivity index (χ1v) is 34.1. The molecule has 31 atom stereocenters. The third kappa shape index (κ3) is 13.5. The van der Waals surface area contributed by atoms with Crippen LogP contribution in [0.4, 0.5) is 0 Å². The zero-order chi connectivity index (χ0) is 68.2. The molecule has 3 saturated carbocycles. The Morgan fingerprint density at radius 2 is 1.30 bits per heavy atom. The van der Waals surface area contributed by atoms with Crippen LogP contribution in [0.3, 0.4) is 0 Å². The lowest BCUT2D eigenvalue weighted by molar-refractivity contribution is -0.403. The zero-order valence-electron chi connectivity index (χ0n) is 52.8. The van der Waals surface area contributed by atoms with Crippen molar-refractivity contribution in [3.63, 3.8) is 0 Å². The molecule has 34 heteroatoms. The van der Waals surface area contributed by atoms with Crippen molar-refractivity contribution in [2.45, 2.75) is 259 Å². The van der Waals surface area contributed by atoms with Crippen LogP contribution in [0, 0.1) is 39.4 Å². The number of hydrogen-bond donors (Lipinski definition) is 10. The number of carbonyl (C=O) groups is 2. The number of carbonyl (C=O) groups excluding carboxylic acids is 2. The summed E-state index contributed by atoms with van der Waals surface area (Å²) in [6.45, 7) is 14.0. The Morgan fingerprint density at radius 3 is 1.95 bits per heavy atom. The third-order valence-electron chi connectivity index (χ3n) is 22.0. The fourth-order valence-corrected chi connectivity index (χ4v) is 18.1. The Kier molecular flexibility index (Phi) is 21.4. The van der Waals surface area contributed by atoms with Crippen molar-refractivity contribution in [2.24, 2.45) is 39.4 Å². The highest BCUT2D eigenvalue weighted by Crippen LogP contribution is 2.75. The van der Waals surface area contributed by atoms with E-state index in [4.69, 9.17) is 61.0 Å². The van der Waals surface area contributed by atoms with Gasteiger partial charge >= 0.3 is 5.97 Å². The summed E-state index contributed by atoms with van der Waals surface area (Å²) in [6.07, 6.45) is -37.6. The Hall–Kier alpha value is -2.48. The van der Waals surface area contributed by atoms with Gasteiger partial charge in [0.1, 0.15) is 115 Å². The fourth-order valence-electron chi connectivity index (χ4n) is 17.4. The quantitative estimate of drug-likeness (QED) is 0.0241. The van der Waals surface area contributed by atoms with Gasteiger partial charge in [-0.1, -0.05) is 44.9 Å². The number of cyclic esters (lactones) is 1. The summed E-state index contributed by atoms with van der Waals surface area (Å²) < 4.78 is 151. The average Bonchev–Trinajstić information content (AvgIpc) is 1.52. The zero-order valence-corrected chi connectivity index (χ0v) is 54.5. The molecule has 6 heterocycles. The average molecular weight is 1380 g/mol. The van der Waals surface area contributed by atoms with Crippen LogP contribution in [0.5, 0.6) is 0 Å². The van der Waals surface area contributed by atoms with E-state index < -0.39 is 228 Å². The molecule has 10 N–H and O–H groups in total. The second-order valence-corrected chi connectivity index (χ2v) is 30.2. The summed E-state index contributed by atoms with van der Waals surface area (Å²) in [4.78, 5) is 28.9. The van der Waals surface area contributed by atoms with E-state index in [1.165, 1.54) is 6.92 Å². The predicted molar refractivity (Wildman–Crippen MR) is 305 cm³/mol. The van der Waals surface area contributed by atoms with Crippen molar-refractivity contribution in [2.75, 3.05) is 33.5 Å². The first kappa shape index (κ1) is 73.2. The van der Waals surface area contributed by atoms with Gasteiger partial charge in [0.25, 0.3) is 0 Å². The molecule has 10 rings (SSSR count). The van der Waals surface area contributed by atoms with Crippen LogP contribution >= 0.6 is 0 Å². The van der Waals surface area contributed by atoms with Crippen LogP contribution < -0.4 is 0 Å². The second kappa shape index (κ2) is 27.2. The third-order valence-corrected chi connectivity index (χ3v) is 22.9. The van der Waals surface area contributed by atoms with E-state index >= 15 is 0 Å². The number of esters is 1. The first-order chi connectivity index (χ1) is 43.4. The standard InChI is InChI=1S/C59H92O32S2/c1-24(2)11-10-16-58(8)48-28(61)19-57(7)27-12-13-33-55(4,5)34(15-17-56(33,6)26(27)14-18-59(48,57)54(71)90-58)85-52-46(38(66)32(22-80-52)91-93(75,76)77)89-53-47(88-49-39(67)35(63)29(62)21-79-49)40(68)43(25(3)82-53)86-51-42(70)45(36(64)30(20-60)83-51)87-50-41(69)44(78-9)37(65)31(84-50)23-81-92(72,73)74/h12,25-26,29-53,60,62-70H,1,10-11,13-23H2,2-9H3,(H,72,73,74)(H,75,76,77)/p-2/t25-,26-,29-,30-,31-,32-,33+,34+,35+,36-,37-,38+,39-,40+,41-,42-,43-,44+,45+,46-,47-,48-,49+,50+,51+,52+,53+,56-,57+,58+,59-/m1/s1. The SMILES string of the molecule is C=C(C)CCC[C@]1(C)OC(=O)[C@]23CC[C@@H]4C(=CC[C@H]5C(C)(C)[C@@H](O[C@@H]6OC[C@@H](OS(=O)(=O)[O-])[C@H](O)[C@H]6O[C@@H]6O[C@H](C)[C@@H](O[C@@H]7O[C@H](CO)[C@@H](O)[C@H](O[C@@H]8O[C@H](COS(=O)(=O)[O-])[C@@H](O)[C@H](OC)[C@H]8O)[C@H]7O)[C@H](O)[C@H]6O[C@@H]6OC[C@@H](O)[C@H](O)[C@H]6O)CC[C@]45C)[C@]2(C)CC(=O)[C@@H]31. The van der Waals surface area contributed by atoms with Crippen molar-refractivity contribution in [1.82, 2.24) is 0 Å². The van der Waals surface area contributed by atoms with Crippen molar-refractivity contribution >= 4 is 32.6 Å². The first-order valence-electron chi connectivity index (χ1n) is 31.4. The molecule has 1 spiro atoms. The number of aliphatic hydroxyl groups is 10. The van der Waals surface area contributed by atoms with Crippen molar-refractivity contribution in [3.8, 4) is 0 Å². The molecule has 0 aromatic heterocycles. The number of rotatable bonds is 21. The van der Waals surface area contributed by atoms with Gasteiger partial charge < -0.3 is 117 Å². The van der Waals surface area contributed by atoms with E-state index in [0.29, 0.717) is 44.9 Å². The maximum atomic E-state index is 14.5. The lowest BCUT2D eigenvalue weighted by Crippen LogP contribution is -2.68. The Labute approximate surface area is 538 Å². The van der Waals surface area contributed by atoms with Gasteiger partial charge in [-0.3, -0.25) is 18.0 Å². The molecule has 532 valence electrons. The van der Waals surface area contributed by atoms with Crippen LogP contribution in [-0.4, -0.2) is 275 Å². The molecule has 0 radical (unpaired) electrons. The maximum absolute atomic E-state index is 14.5. The maximum Gasteiger partial charge on any atom is 0.314 e. The van der Waals surface area contributed by atoms with E-state index in [9.17, 15) is 86.6 Å². The number of methoxy groups -OCH3 is 1. The Bertz CT molecular complexity index is 2970. The summed E-state index contributed by atoms with van der Waals surface area (Å²) in [5.41, 5.74) is -1.91. The van der Waals surface area contributed by atoms with E-state index in [2.05, 4.69) is 23.8 Å². The number of allylic oxidation sites excluding steroid dienone is 3. The largest absolute Gasteiger partial charge is 0.726 e. The molecule has 0 aromatic carbocycles. The highest BCUT2D eigenvalue weighted by molar-refractivity contribution is 7.81. The highest BCUT2D eigenvalue weighted by atomic mass is 32.3. The summed E-state index contributed by atoms with van der Waals surface area (Å²) in [5, 5.41) is 112. The molecule has 0 unspecified atom stereocenters. The van der Waals surface area contributed by atoms with Crippen LogP contribution in [0.15, 0.2) is 23.8 Å². The van der Waals surface area contributed by atoms with Crippen LogP contribution in [0.2, 0.25) is 0 Å². The minimum Gasteiger partial charge on any atom is -0.726 e. The van der Waals surface area contributed by atoms with Gasteiger partial charge in [-0.25, -0.2) is 16.8 Å². The fraction of sp³-hybridized carbons (Fsp3) is 0.898. The Balaban J connectivity index is 0.904. The molecule has 9 fully saturated rings. The summed E-state index contributed by atoms with van der Waals surface area (Å²) in [5.74, 6) is -1.10. The predicted octanol–water partition coefficient (Wildman–Crippen LogP) is -2.78. The molecule has 32 nitrogen and oxygen atoms in total. The number of ether oxygens (including phenoxy) is 12. The van der Waals surface area contributed by atoms with Gasteiger partial charge in [0.15, 0.2) is 31.5 Å². The van der Waals surface area contributed by atoms with Crippen molar-refractivity contribution in [1.29, 1.82) is 0 Å². The van der Waals surface area contributed by atoms with Crippen LogP contribution in [0.25, 0.3) is 0 Å². The second-order valence-electron chi connectivity index (χ2n) is 28.1. The molecular formula is C59H90O32S2-2. The van der Waals surface area contributed by atoms with Gasteiger partial charge in [0, 0.05) is 18.9 Å². The molecule has 6 aliphatic heterocycles. The monoisotopic (exact) mass is 1370 g/mol. The normalized spacial score (nSPS) is 49.2. The van der Waals surface area contributed by atoms with Gasteiger partial charge in [0.05, 0.1) is 50.0 Å². The molecule has 0 aromatic rings. The minimum absolute atomic E-state index is 0.0189. The smallest absolute Gasteiger partial charge is 0.314 e. The Morgan fingerprint density at radius 1 is 0.688 bits per heavy atom. The van der Waals surface area contributed by atoms with Gasteiger partial charge in [0.2, 0.25) is 20.8 Å². The van der Waals surface area contributed by atoms with Crippen molar-refractivity contribution < 1.29 is 152 Å². The summed E-state index contributed by atoms with van der Waals surface area (Å²) >= 11 is 0. The van der Waals surface area contributed by atoms with E-state index in [-0.39, 0.29) is 30.0 Å². The lowest BCUT2D eigenvalue weighted by atomic mass is 9.41. The molecule has 10 aliphatic rings. The lowest BCUT2D eigenvalue weighted by Gasteiger charge is -2.63. The highest BCUT2D eigenvalue weighted by Gasteiger charge is 2.79. The molecule has 0 amide bonds. The molecule has 4 aliphatic carbocycles. The molecule has 93 heavy (non-hydrogen) atoms. The van der Waals surface area contributed by atoms with E-state index in [1.54, 1.807) is 0 Å². The van der Waals surface area contributed by atoms with Gasteiger partial charge in [-0.2, -0.15) is 0 Å². The molecule has 0 bridgehead atoms. The molecule has 6 saturated heterocycles.